The average molecular weight is 397 g/mol. The number of aliphatic hydroxyl groups excluding tert-OH is 1. The van der Waals surface area contributed by atoms with Gasteiger partial charge in [-0.15, -0.1) is 0 Å². The molecule has 0 radical (unpaired) electrons. The Labute approximate surface area is 178 Å². The van der Waals surface area contributed by atoms with Gasteiger partial charge in [0.25, 0.3) is 0 Å². The Morgan fingerprint density at radius 3 is 1.77 bits per heavy atom. The van der Waals surface area contributed by atoms with E-state index in [0.29, 0.717) is 12.6 Å². The predicted octanol–water partition coefficient (Wildman–Crippen LogP) is 4.85. The molecule has 0 aromatic heterocycles. The van der Waals surface area contributed by atoms with Crippen LogP contribution in [0.4, 0.5) is 0 Å². The van der Waals surface area contributed by atoms with Gasteiger partial charge in [0.05, 0.1) is 18.2 Å². The summed E-state index contributed by atoms with van der Waals surface area (Å²) in [5.41, 5.74) is 4.63. The van der Waals surface area contributed by atoms with Crippen LogP contribution in [0, 0.1) is 5.92 Å². The molecule has 1 N–H and O–H groups in total. The molecule has 2 unspecified atom stereocenters. The van der Waals surface area contributed by atoms with Gasteiger partial charge in [-0.2, -0.15) is 0 Å². The zero-order valence-electron chi connectivity index (χ0n) is 17.2. The minimum absolute atomic E-state index is 0.247. The Morgan fingerprint density at radius 1 is 0.800 bits per heavy atom. The second-order valence-electron chi connectivity index (χ2n) is 8.41. The number of hydrogen-bond donors (Lipinski definition) is 1. The van der Waals surface area contributed by atoms with Crippen molar-refractivity contribution in [2.75, 3.05) is 13.3 Å². The van der Waals surface area contributed by atoms with E-state index in [4.69, 9.17) is 4.99 Å². The third-order valence-corrected chi connectivity index (χ3v) is 6.82. The summed E-state index contributed by atoms with van der Waals surface area (Å²) < 4.78 is 0. The third kappa shape index (κ3) is 3.10. The molecule has 0 saturated heterocycles. The number of hydrogen-bond acceptors (Lipinski definition) is 3. The first kappa shape index (κ1) is 19.2. The summed E-state index contributed by atoms with van der Waals surface area (Å²) in [5.74, 6) is 0.342. The summed E-state index contributed by atoms with van der Waals surface area (Å²) in [6.45, 7) is 0.934. The number of benzene rings is 3. The second-order valence-corrected chi connectivity index (χ2v) is 8.41. The second kappa shape index (κ2) is 8.17. The fraction of sp³-hybridized carbons (Fsp3) is 0.296. The van der Waals surface area contributed by atoms with Gasteiger partial charge in [0, 0.05) is 12.3 Å². The normalized spacial score (nSPS) is 21.8. The van der Waals surface area contributed by atoms with Crippen LogP contribution in [0.25, 0.3) is 0 Å². The van der Waals surface area contributed by atoms with Crippen LogP contribution in [0.2, 0.25) is 0 Å². The summed E-state index contributed by atoms with van der Waals surface area (Å²) in [5, 5.41) is 9.89. The Kier molecular flexibility index (Phi) is 5.24. The molecular formula is C27H28N2O. The van der Waals surface area contributed by atoms with Crippen molar-refractivity contribution in [3.63, 3.8) is 0 Å². The van der Waals surface area contributed by atoms with E-state index in [-0.39, 0.29) is 12.6 Å². The molecule has 2 atom stereocenters. The van der Waals surface area contributed by atoms with E-state index >= 15 is 0 Å². The lowest BCUT2D eigenvalue weighted by molar-refractivity contribution is 0.111. The van der Waals surface area contributed by atoms with Crippen molar-refractivity contribution < 1.29 is 5.11 Å². The Morgan fingerprint density at radius 2 is 1.30 bits per heavy atom. The summed E-state index contributed by atoms with van der Waals surface area (Å²) in [6.07, 6.45) is 2.99. The summed E-state index contributed by atoms with van der Waals surface area (Å²) >= 11 is 0. The standard InChI is InChI=1S/C27H28N2O/c30-19-21-16-17-25-26(18-21)29(20-28-25)27(22-10-4-1-5-11-22,23-12-6-2-7-13-23)24-14-8-3-9-15-24/h1-15,21,26,30H,16-20H2. The van der Waals surface area contributed by atoms with Gasteiger partial charge in [-0.3, -0.25) is 9.89 Å². The smallest absolute Gasteiger partial charge is 0.0992 e. The molecular weight excluding hydrogens is 368 g/mol. The molecule has 152 valence electrons. The van der Waals surface area contributed by atoms with E-state index in [9.17, 15) is 5.11 Å². The third-order valence-electron chi connectivity index (χ3n) is 6.82. The number of fused-ring (bicyclic) bond motifs is 1. The van der Waals surface area contributed by atoms with Crippen LogP contribution in [0.3, 0.4) is 0 Å². The Balaban J connectivity index is 1.75. The van der Waals surface area contributed by atoms with Crippen molar-refractivity contribution in [1.29, 1.82) is 0 Å². The SMILES string of the molecule is OCC1CCC2=NCN(C(c3ccccc3)(c3ccccc3)c3ccccc3)C2C1. The molecule has 1 fully saturated rings. The summed E-state index contributed by atoms with van der Waals surface area (Å²) in [4.78, 5) is 7.58. The lowest BCUT2D eigenvalue weighted by Gasteiger charge is -2.47. The van der Waals surface area contributed by atoms with Crippen molar-refractivity contribution in [2.45, 2.75) is 30.8 Å². The number of rotatable bonds is 5. The van der Waals surface area contributed by atoms with E-state index in [2.05, 4.69) is 95.9 Å². The fourth-order valence-corrected chi connectivity index (χ4v) is 5.39. The van der Waals surface area contributed by atoms with E-state index in [1.54, 1.807) is 0 Å². The topological polar surface area (TPSA) is 35.8 Å². The monoisotopic (exact) mass is 396 g/mol. The molecule has 1 aliphatic heterocycles. The van der Waals surface area contributed by atoms with Crippen LogP contribution in [0.1, 0.15) is 36.0 Å². The van der Waals surface area contributed by atoms with E-state index in [1.807, 2.05) is 0 Å². The highest BCUT2D eigenvalue weighted by Gasteiger charge is 2.49. The molecule has 0 spiro atoms. The van der Waals surface area contributed by atoms with Crippen LogP contribution < -0.4 is 0 Å². The number of aliphatic imine (C=N–C) groups is 1. The van der Waals surface area contributed by atoms with Crippen LogP contribution in [0.15, 0.2) is 96.0 Å². The lowest BCUT2D eigenvalue weighted by Crippen LogP contribution is -2.54. The Hall–Kier alpha value is -2.75. The van der Waals surface area contributed by atoms with E-state index in [0.717, 1.165) is 19.3 Å². The zero-order valence-corrected chi connectivity index (χ0v) is 17.2. The molecule has 1 saturated carbocycles. The van der Waals surface area contributed by atoms with Gasteiger partial charge in [-0.25, -0.2) is 0 Å². The van der Waals surface area contributed by atoms with Gasteiger partial charge in [-0.05, 0) is 41.9 Å². The molecule has 1 aliphatic carbocycles. The molecule has 0 bridgehead atoms. The van der Waals surface area contributed by atoms with E-state index in [1.165, 1.54) is 22.4 Å². The predicted molar refractivity (Wildman–Crippen MR) is 122 cm³/mol. The minimum atomic E-state index is -0.433. The van der Waals surface area contributed by atoms with Gasteiger partial charge in [0.15, 0.2) is 0 Å². The first-order valence-corrected chi connectivity index (χ1v) is 10.9. The highest BCUT2D eigenvalue weighted by Crippen LogP contribution is 2.46. The first-order chi connectivity index (χ1) is 14.8. The fourth-order valence-electron chi connectivity index (χ4n) is 5.39. The zero-order chi connectivity index (χ0) is 20.4. The van der Waals surface area contributed by atoms with Crippen molar-refractivity contribution in [3.05, 3.63) is 108 Å². The van der Waals surface area contributed by atoms with Crippen LogP contribution >= 0.6 is 0 Å². The molecule has 30 heavy (non-hydrogen) atoms. The van der Waals surface area contributed by atoms with E-state index < -0.39 is 5.54 Å². The van der Waals surface area contributed by atoms with Gasteiger partial charge >= 0.3 is 0 Å². The number of aliphatic hydroxyl groups is 1. The van der Waals surface area contributed by atoms with Crippen LogP contribution in [0.5, 0.6) is 0 Å². The maximum atomic E-state index is 9.89. The number of nitrogens with zero attached hydrogens (tertiary/aromatic N) is 2. The highest BCUT2D eigenvalue weighted by atomic mass is 16.3. The van der Waals surface area contributed by atoms with Gasteiger partial charge < -0.3 is 5.11 Å². The van der Waals surface area contributed by atoms with Gasteiger partial charge in [-0.1, -0.05) is 91.0 Å². The molecule has 3 heteroatoms. The average Bonchev–Trinajstić information content (AvgIpc) is 3.25. The maximum Gasteiger partial charge on any atom is 0.0992 e. The van der Waals surface area contributed by atoms with Gasteiger partial charge in [0.2, 0.25) is 0 Å². The molecule has 3 nitrogen and oxygen atoms in total. The molecule has 0 amide bonds. The van der Waals surface area contributed by atoms with Crippen molar-refractivity contribution in [2.24, 2.45) is 10.9 Å². The molecule has 5 rings (SSSR count). The largest absolute Gasteiger partial charge is 0.396 e. The Bertz CT molecular complexity index is 904. The van der Waals surface area contributed by atoms with Crippen LogP contribution in [-0.2, 0) is 5.54 Å². The quantitative estimate of drug-likeness (QED) is 0.626. The van der Waals surface area contributed by atoms with Crippen molar-refractivity contribution in [1.82, 2.24) is 4.90 Å². The molecule has 1 heterocycles. The minimum Gasteiger partial charge on any atom is -0.396 e. The lowest BCUT2D eigenvalue weighted by atomic mass is 9.73. The van der Waals surface area contributed by atoms with Crippen LogP contribution in [-0.4, -0.2) is 35.0 Å². The van der Waals surface area contributed by atoms with Crippen molar-refractivity contribution >= 4 is 5.71 Å². The first-order valence-electron chi connectivity index (χ1n) is 10.9. The molecule has 3 aromatic carbocycles. The summed E-state index contributed by atoms with van der Waals surface area (Å²) in [6, 6.07) is 32.7. The summed E-state index contributed by atoms with van der Waals surface area (Å²) in [7, 11) is 0. The van der Waals surface area contributed by atoms with Gasteiger partial charge in [0.1, 0.15) is 0 Å². The van der Waals surface area contributed by atoms with Crippen molar-refractivity contribution in [3.8, 4) is 0 Å². The molecule has 2 aliphatic rings. The highest BCUT2D eigenvalue weighted by molar-refractivity contribution is 5.92. The maximum absolute atomic E-state index is 9.89. The molecule has 3 aromatic rings.